The Hall–Kier alpha value is -2.66. The summed E-state index contributed by atoms with van der Waals surface area (Å²) in [5, 5.41) is 2.87. The van der Waals surface area contributed by atoms with E-state index >= 15 is 0 Å². The topological polar surface area (TPSA) is 53.9 Å². The molecule has 0 aliphatic rings. The molecule has 144 valence electrons. The number of nitrogens with zero attached hydrogens (tertiary/aromatic N) is 1. The van der Waals surface area contributed by atoms with Crippen LogP contribution in [0.4, 0.5) is 5.69 Å². The van der Waals surface area contributed by atoms with Crippen LogP contribution in [0.15, 0.2) is 42.5 Å². The second-order valence-electron chi connectivity index (χ2n) is 7.40. The van der Waals surface area contributed by atoms with Crippen LogP contribution in [0.1, 0.15) is 22.3 Å². The number of likely N-dealkylation sites (N-methyl/N-ethyl adjacent to an activating group) is 2. The summed E-state index contributed by atoms with van der Waals surface area (Å²) in [4.78, 5) is 27.2. The molecule has 1 atom stereocenters. The molecule has 0 fully saturated rings. The first-order chi connectivity index (χ1) is 12.7. The van der Waals surface area contributed by atoms with Crippen molar-refractivity contribution in [2.24, 2.45) is 0 Å². The van der Waals surface area contributed by atoms with E-state index in [9.17, 15) is 9.59 Å². The number of nitrogens with one attached hydrogen (secondary N) is 2. The molecule has 0 aliphatic carbocycles. The van der Waals surface area contributed by atoms with Crippen LogP contribution < -0.4 is 10.2 Å². The zero-order valence-corrected chi connectivity index (χ0v) is 16.9. The van der Waals surface area contributed by atoms with Crippen LogP contribution in [0.3, 0.4) is 0 Å². The fourth-order valence-corrected chi connectivity index (χ4v) is 2.94. The van der Waals surface area contributed by atoms with Crippen molar-refractivity contribution in [2.45, 2.75) is 27.3 Å². The maximum Gasteiger partial charge on any atom is 0.279 e. The molecule has 0 aromatic heterocycles. The Kier molecular flexibility index (Phi) is 7.13. The van der Waals surface area contributed by atoms with Gasteiger partial charge in [-0.1, -0.05) is 41.5 Å². The molecule has 2 N–H and O–H groups in total. The molecular weight excluding hydrogens is 338 g/mol. The number of hydrogen-bond acceptors (Lipinski definition) is 2. The number of carbonyl (C=O) groups is 2. The molecule has 0 radical (unpaired) electrons. The number of amides is 2. The molecule has 2 rings (SSSR count). The van der Waals surface area contributed by atoms with Gasteiger partial charge in [0.15, 0.2) is 13.1 Å². The zero-order valence-electron chi connectivity index (χ0n) is 16.9. The van der Waals surface area contributed by atoms with Crippen molar-refractivity contribution < 1.29 is 14.5 Å². The van der Waals surface area contributed by atoms with Gasteiger partial charge in [-0.15, -0.1) is 0 Å². The highest BCUT2D eigenvalue weighted by atomic mass is 16.2. The minimum atomic E-state index is -0.0961. The van der Waals surface area contributed by atoms with Crippen LogP contribution in [0.5, 0.6) is 0 Å². The summed E-state index contributed by atoms with van der Waals surface area (Å²) < 4.78 is 0. The van der Waals surface area contributed by atoms with Gasteiger partial charge in [0.2, 0.25) is 0 Å². The lowest BCUT2D eigenvalue weighted by Gasteiger charge is -2.21. The Morgan fingerprint density at radius 3 is 2.22 bits per heavy atom. The molecule has 0 spiro atoms. The molecule has 5 heteroatoms. The molecule has 27 heavy (non-hydrogen) atoms. The maximum atomic E-state index is 12.5. The second kappa shape index (κ2) is 9.33. The number of rotatable bonds is 7. The molecule has 0 aliphatic heterocycles. The van der Waals surface area contributed by atoms with E-state index in [1.165, 1.54) is 11.1 Å². The molecule has 5 nitrogen and oxygen atoms in total. The van der Waals surface area contributed by atoms with E-state index in [-0.39, 0.29) is 24.9 Å². The predicted molar refractivity (Wildman–Crippen MR) is 109 cm³/mol. The average Bonchev–Trinajstić information content (AvgIpc) is 2.59. The lowest BCUT2D eigenvalue weighted by Crippen LogP contribution is -3.11. The summed E-state index contributed by atoms with van der Waals surface area (Å²) in [5.74, 6) is -0.0724. The van der Waals surface area contributed by atoms with E-state index in [1.807, 2.05) is 38.2 Å². The van der Waals surface area contributed by atoms with Crippen molar-refractivity contribution in [3.8, 4) is 0 Å². The van der Waals surface area contributed by atoms with Crippen LogP contribution in [-0.4, -0.2) is 43.9 Å². The number of benzene rings is 2. The van der Waals surface area contributed by atoms with Crippen LogP contribution in [0.2, 0.25) is 0 Å². The molecule has 2 aromatic rings. The highest BCUT2D eigenvalue weighted by Crippen LogP contribution is 2.12. The largest absolute Gasteiger partial charge is 0.337 e. The van der Waals surface area contributed by atoms with Crippen LogP contribution >= 0.6 is 0 Å². The summed E-state index contributed by atoms with van der Waals surface area (Å²) in [7, 11) is 3.67. The summed E-state index contributed by atoms with van der Waals surface area (Å²) in [6.45, 7) is 7.23. The van der Waals surface area contributed by atoms with E-state index in [2.05, 4.69) is 37.4 Å². The molecule has 2 amide bonds. The first-order valence-corrected chi connectivity index (χ1v) is 9.22. The molecule has 1 unspecified atom stereocenters. The van der Waals surface area contributed by atoms with E-state index in [0.717, 1.165) is 21.7 Å². The SMILES string of the molecule is Cc1ccc(NC(=O)C[NH+](C)CC(=O)N(C)Cc2ccc(C)cc2C)cc1. The fourth-order valence-electron chi connectivity index (χ4n) is 2.94. The number of hydrogen-bond donors (Lipinski definition) is 2. The Morgan fingerprint density at radius 2 is 1.59 bits per heavy atom. The molecule has 0 saturated heterocycles. The van der Waals surface area contributed by atoms with Gasteiger partial charge < -0.3 is 15.1 Å². The summed E-state index contributed by atoms with van der Waals surface area (Å²) in [5.41, 5.74) is 5.47. The zero-order chi connectivity index (χ0) is 20.0. The summed E-state index contributed by atoms with van der Waals surface area (Å²) >= 11 is 0. The summed E-state index contributed by atoms with van der Waals surface area (Å²) in [6.07, 6.45) is 0. The maximum absolute atomic E-state index is 12.5. The molecule has 2 aromatic carbocycles. The molecular formula is C22H30N3O2+. The Balaban J connectivity index is 1.83. The quantitative estimate of drug-likeness (QED) is 0.782. The van der Waals surface area contributed by atoms with Crippen LogP contribution in [0.25, 0.3) is 0 Å². The smallest absolute Gasteiger partial charge is 0.279 e. The standard InChI is InChI=1S/C22H29N3O2/c1-16-7-10-20(11-8-16)23-21(26)14-24(4)15-22(27)25(5)13-19-9-6-17(2)12-18(19)3/h6-12H,13-15H2,1-5H3,(H,23,26)/p+1. The van der Waals surface area contributed by atoms with Gasteiger partial charge in [-0.25, -0.2) is 0 Å². The van der Waals surface area contributed by atoms with E-state index < -0.39 is 0 Å². The Labute approximate surface area is 162 Å². The normalized spacial score (nSPS) is 11.7. The lowest BCUT2D eigenvalue weighted by molar-refractivity contribution is -0.862. The van der Waals surface area contributed by atoms with Gasteiger partial charge in [0.05, 0.1) is 7.05 Å². The molecule has 0 saturated carbocycles. The van der Waals surface area contributed by atoms with Gasteiger partial charge >= 0.3 is 0 Å². The first-order valence-electron chi connectivity index (χ1n) is 9.22. The number of aryl methyl sites for hydroxylation is 3. The van der Waals surface area contributed by atoms with Gasteiger partial charge in [0.25, 0.3) is 11.8 Å². The second-order valence-corrected chi connectivity index (χ2v) is 7.40. The van der Waals surface area contributed by atoms with Gasteiger partial charge in [0.1, 0.15) is 0 Å². The highest BCUT2D eigenvalue weighted by molar-refractivity contribution is 5.91. The Bertz CT molecular complexity index is 800. The Morgan fingerprint density at radius 1 is 0.963 bits per heavy atom. The third-order valence-electron chi connectivity index (χ3n) is 4.58. The highest BCUT2D eigenvalue weighted by Gasteiger charge is 2.18. The third kappa shape index (κ3) is 6.53. The summed E-state index contributed by atoms with van der Waals surface area (Å²) in [6, 6.07) is 13.9. The molecule has 0 bridgehead atoms. The number of quaternary nitrogens is 1. The van der Waals surface area contributed by atoms with E-state index in [4.69, 9.17) is 0 Å². The van der Waals surface area contributed by atoms with Crippen LogP contribution in [0, 0.1) is 20.8 Å². The number of anilines is 1. The van der Waals surface area contributed by atoms with Crippen molar-refractivity contribution in [2.75, 3.05) is 32.5 Å². The van der Waals surface area contributed by atoms with Gasteiger partial charge in [-0.2, -0.15) is 0 Å². The van der Waals surface area contributed by atoms with Crippen molar-refractivity contribution in [3.63, 3.8) is 0 Å². The van der Waals surface area contributed by atoms with Crippen LogP contribution in [-0.2, 0) is 16.1 Å². The minimum absolute atomic E-state index is 0.0237. The fraction of sp³-hybridized carbons (Fsp3) is 0.364. The van der Waals surface area contributed by atoms with E-state index in [0.29, 0.717) is 6.54 Å². The third-order valence-corrected chi connectivity index (χ3v) is 4.58. The van der Waals surface area contributed by atoms with Gasteiger partial charge in [-0.05, 0) is 44.0 Å². The first kappa shape index (κ1) is 20.6. The molecule has 0 heterocycles. The van der Waals surface area contributed by atoms with Crippen molar-refractivity contribution in [1.82, 2.24) is 4.90 Å². The average molecular weight is 369 g/mol. The monoisotopic (exact) mass is 368 g/mol. The van der Waals surface area contributed by atoms with E-state index in [1.54, 1.807) is 11.9 Å². The van der Waals surface area contributed by atoms with Gasteiger partial charge in [-0.3, -0.25) is 9.59 Å². The van der Waals surface area contributed by atoms with Crippen molar-refractivity contribution >= 4 is 17.5 Å². The van der Waals surface area contributed by atoms with Crippen molar-refractivity contribution in [1.29, 1.82) is 0 Å². The van der Waals surface area contributed by atoms with Crippen molar-refractivity contribution in [3.05, 3.63) is 64.7 Å². The number of carbonyl (C=O) groups excluding carboxylic acids is 2. The van der Waals surface area contributed by atoms with Gasteiger partial charge in [0, 0.05) is 19.3 Å². The predicted octanol–water partition coefficient (Wildman–Crippen LogP) is 1.72. The lowest BCUT2D eigenvalue weighted by atomic mass is 10.1. The minimum Gasteiger partial charge on any atom is -0.337 e.